The summed E-state index contributed by atoms with van der Waals surface area (Å²) in [5, 5.41) is 2.47. The molecule has 0 aliphatic carbocycles. The Morgan fingerprint density at radius 1 is 1.00 bits per heavy atom. The summed E-state index contributed by atoms with van der Waals surface area (Å²) in [7, 11) is 4.69. The number of hydrogen-bond acceptors (Lipinski definition) is 7. The normalized spacial score (nSPS) is 16.0. The highest BCUT2D eigenvalue weighted by atomic mass is 32.2. The lowest BCUT2D eigenvalue weighted by Gasteiger charge is -2.17. The van der Waals surface area contributed by atoms with E-state index in [2.05, 4.69) is 10.3 Å². The second-order valence-corrected chi connectivity index (χ2v) is 9.53. The van der Waals surface area contributed by atoms with Crippen molar-refractivity contribution in [3.8, 4) is 17.2 Å². The number of hydrogen-bond donors (Lipinski definition) is 1. The van der Waals surface area contributed by atoms with Gasteiger partial charge in [-0.1, -0.05) is 30.0 Å². The van der Waals surface area contributed by atoms with Gasteiger partial charge in [0.15, 0.2) is 16.7 Å². The number of nitrogens with one attached hydrogen (secondary N) is 1. The maximum absolute atomic E-state index is 14.4. The standard InChI is InChI=1S/C28H28FN3O5S/c1-35-20-11-9-19(10-12-20)30-26(33)17-25-27(34)32(28(38-25)31-22-7-5-4-6-21(22)29)15-14-18-8-13-23(36-2)24(16-18)37-3/h4-13,16,25H,14-15,17H2,1-3H3,(H,30,33)/t25-/m1/s1. The molecule has 0 saturated carbocycles. The van der Waals surface area contributed by atoms with Crippen molar-refractivity contribution < 1.29 is 28.2 Å². The number of rotatable bonds is 10. The smallest absolute Gasteiger partial charge is 0.242 e. The number of carbonyl (C=O) groups excluding carboxylic acids is 2. The highest BCUT2D eigenvalue weighted by Crippen LogP contribution is 2.33. The van der Waals surface area contributed by atoms with Crippen molar-refractivity contribution in [2.24, 2.45) is 4.99 Å². The van der Waals surface area contributed by atoms with Crippen LogP contribution >= 0.6 is 11.8 Å². The molecule has 3 aromatic rings. The van der Waals surface area contributed by atoms with Gasteiger partial charge in [-0.25, -0.2) is 9.38 Å². The Labute approximate surface area is 224 Å². The average Bonchev–Trinajstić information content (AvgIpc) is 3.22. The van der Waals surface area contributed by atoms with Crippen LogP contribution in [0.15, 0.2) is 71.7 Å². The molecule has 38 heavy (non-hydrogen) atoms. The van der Waals surface area contributed by atoms with Crippen LogP contribution < -0.4 is 19.5 Å². The Hall–Kier alpha value is -4.05. The number of amidine groups is 1. The summed E-state index contributed by atoms with van der Waals surface area (Å²) in [4.78, 5) is 32.1. The van der Waals surface area contributed by atoms with E-state index in [0.717, 1.165) is 17.3 Å². The minimum Gasteiger partial charge on any atom is -0.497 e. The number of benzene rings is 3. The van der Waals surface area contributed by atoms with Crippen molar-refractivity contribution in [3.63, 3.8) is 0 Å². The maximum Gasteiger partial charge on any atom is 0.242 e. The summed E-state index contributed by atoms with van der Waals surface area (Å²) in [5.74, 6) is 0.801. The number of halogens is 1. The molecule has 4 rings (SSSR count). The molecular weight excluding hydrogens is 509 g/mol. The number of carbonyl (C=O) groups is 2. The van der Waals surface area contributed by atoms with E-state index in [-0.39, 0.29) is 23.9 Å². The molecule has 0 aromatic heterocycles. The first-order valence-corrected chi connectivity index (χ1v) is 12.8. The van der Waals surface area contributed by atoms with Gasteiger partial charge in [0.25, 0.3) is 0 Å². The summed E-state index contributed by atoms with van der Waals surface area (Å²) < 4.78 is 30.2. The van der Waals surface area contributed by atoms with Gasteiger partial charge in [-0.15, -0.1) is 0 Å². The van der Waals surface area contributed by atoms with Crippen LogP contribution in [0.4, 0.5) is 15.8 Å². The number of amides is 2. The molecule has 3 aromatic carbocycles. The van der Waals surface area contributed by atoms with Gasteiger partial charge in [0.2, 0.25) is 11.8 Å². The van der Waals surface area contributed by atoms with Crippen LogP contribution in [0.2, 0.25) is 0 Å². The third-order valence-corrected chi connectivity index (χ3v) is 7.08. The molecule has 1 N–H and O–H groups in total. The van der Waals surface area contributed by atoms with E-state index >= 15 is 0 Å². The molecule has 198 valence electrons. The van der Waals surface area contributed by atoms with Crippen LogP contribution in [0, 0.1) is 5.82 Å². The van der Waals surface area contributed by atoms with Gasteiger partial charge in [-0.2, -0.15) is 0 Å². The van der Waals surface area contributed by atoms with Gasteiger partial charge in [0.1, 0.15) is 22.5 Å². The largest absolute Gasteiger partial charge is 0.497 e. The molecule has 1 aliphatic rings. The van der Waals surface area contributed by atoms with Gasteiger partial charge < -0.3 is 19.5 Å². The molecule has 0 radical (unpaired) electrons. The Bertz CT molecular complexity index is 1330. The Morgan fingerprint density at radius 3 is 2.42 bits per heavy atom. The number of aliphatic imine (C=N–C) groups is 1. The van der Waals surface area contributed by atoms with Crippen LogP contribution in [-0.4, -0.2) is 55.0 Å². The fourth-order valence-corrected chi connectivity index (χ4v) is 5.08. The first-order valence-electron chi connectivity index (χ1n) is 11.9. The molecular formula is C28H28FN3O5S. The van der Waals surface area contributed by atoms with Crippen molar-refractivity contribution >= 4 is 40.1 Å². The second-order valence-electron chi connectivity index (χ2n) is 8.36. The summed E-state index contributed by atoms with van der Waals surface area (Å²) in [6, 6.07) is 18.6. The van der Waals surface area contributed by atoms with E-state index in [1.807, 2.05) is 12.1 Å². The SMILES string of the molecule is COc1ccc(NC(=O)C[C@H]2SC(=Nc3ccccc3F)N(CCc3ccc(OC)c(OC)c3)C2=O)cc1. The fraction of sp³-hybridized carbons (Fsp3) is 0.250. The van der Waals surface area contributed by atoms with Crippen molar-refractivity contribution in [2.75, 3.05) is 33.2 Å². The second kappa shape index (κ2) is 12.5. The molecule has 1 atom stereocenters. The number of para-hydroxylation sites is 1. The molecule has 1 heterocycles. The topological polar surface area (TPSA) is 89.5 Å². The van der Waals surface area contributed by atoms with Crippen LogP contribution in [0.1, 0.15) is 12.0 Å². The van der Waals surface area contributed by atoms with Crippen molar-refractivity contribution in [1.82, 2.24) is 4.90 Å². The molecule has 1 fully saturated rings. The van der Waals surface area contributed by atoms with Crippen LogP contribution in [-0.2, 0) is 16.0 Å². The number of anilines is 1. The number of nitrogens with zero attached hydrogens (tertiary/aromatic N) is 2. The summed E-state index contributed by atoms with van der Waals surface area (Å²) in [5.41, 5.74) is 1.64. The molecule has 2 amide bonds. The average molecular weight is 538 g/mol. The number of thioether (sulfide) groups is 1. The van der Waals surface area contributed by atoms with E-state index in [4.69, 9.17) is 14.2 Å². The molecule has 10 heteroatoms. The van der Waals surface area contributed by atoms with E-state index in [0.29, 0.717) is 41.1 Å². The monoisotopic (exact) mass is 537 g/mol. The molecule has 0 bridgehead atoms. The zero-order chi connectivity index (χ0) is 27.1. The van der Waals surface area contributed by atoms with E-state index in [9.17, 15) is 14.0 Å². The van der Waals surface area contributed by atoms with Gasteiger partial charge in [-0.05, 0) is 60.5 Å². The van der Waals surface area contributed by atoms with Crippen LogP contribution in [0.25, 0.3) is 0 Å². The van der Waals surface area contributed by atoms with Gasteiger partial charge in [0.05, 0.1) is 21.3 Å². The van der Waals surface area contributed by atoms with Crippen LogP contribution in [0.5, 0.6) is 17.2 Å². The lowest BCUT2D eigenvalue weighted by Crippen LogP contribution is -2.35. The van der Waals surface area contributed by atoms with Crippen molar-refractivity contribution in [1.29, 1.82) is 0 Å². The lowest BCUT2D eigenvalue weighted by atomic mass is 10.1. The van der Waals surface area contributed by atoms with E-state index in [1.54, 1.807) is 69.9 Å². The zero-order valence-electron chi connectivity index (χ0n) is 21.3. The maximum atomic E-state index is 14.4. The first kappa shape index (κ1) is 27.0. The van der Waals surface area contributed by atoms with Gasteiger partial charge >= 0.3 is 0 Å². The lowest BCUT2D eigenvalue weighted by molar-refractivity contribution is -0.128. The molecule has 0 spiro atoms. The highest BCUT2D eigenvalue weighted by molar-refractivity contribution is 8.15. The van der Waals surface area contributed by atoms with Crippen LogP contribution in [0.3, 0.4) is 0 Å². The number of ether oxygens (including phenoxy) is 3. The highest BCUT2D eigenvalue weighted by Gasteiger charge is 2.39. The van der Waals surface area contributed by atoms with E-state index in [1.165, 1.54) is 11.0 Å². The predicted molar refractivity (Wildman–Crippen MR) is 146 cm³/mol. The van der Waals surface area contributed by atoms with Gasteiger partial charge in [-0.3, -0.25) is 14.5 Å². The molecule has 0 unspecified atom stereocenters. The molecule has 8 nitrogen and oxygen atoms in total. The zero-order valence-corrected chi connectivity index (χ0v) is 22.1. The molecule has 1 aliphatic heterocycles. The first-order chi connectivity index (χ1) is 18.4. The predicted octanol–water partition coefficient (Wildman–Crippen LogP) is 5.05. The Morgan fingerprint density at radius 2 is 1.74 bits per heavy atom. The van der Waals surface area contributed by atoms with Gasteiger partial charge in [0, 0.05) is 18.7 Å². The third-order valence-electron chi connectivity index (χ3n) is 5.91. The minimum atomic E-state index is -0.691. The van der Waals surface area contributed by atoms with E-state index < -0.39 is 11.1 Å². The summed E-state index contributed by atoms with van der Waals surface area (Å²) in [6.07, 6.45) is 0.437. The summed E-state index contributed by atoms with van der Waals surface area (Å²) in [6.45, 7) is 0.297. The quantitative estimate of drug-likeness (QED) is 0.389. The minimum absolute atomic E-state index is 0.0569. The van der Waals surface area contributed by atoms with Crippen molar-refractivity contribution in [3.05, 3.63) is 78.1 Å². The third kappa shape index (κ3) is 6.44. The molecule has 1 saturated heterocycles. The fourth-order valence-electron chi connectivity index (χ4n) is 3.91. The summed E-state index contributed by atoms with van der Waals surface area (Å²) >= 11 is 1.16. The van der Waals surface area contributed by atoms with Crippen molar-refractivity contribution in [2.45, 2.75) is 18.1 Å². The Kier molecular flexibility index (Phi) is 8.85. The Balaban J connectivity index is 1.51. The number of methoxy groups -OCH3 is 3.